The van der Waals surface area contributed by atoms with Gasteiger partial charge in [0.05, 0.1) is 19.9 Å². The van der Waals surface area contributed by atoms with Crippen molar-refractivity contribution in [1.29, 1.82) is 0 Å². The van der Waals surface area contributed by atoms with Crippen molar-refractivity contribution < 1.29 is 28.5 Å². The standard InChI is InChI=1S/C23H22BrN3O6/c1-3-31-22(29)14-33-20-11-17(24)16(10-19(20)30-2)12-26-27-21(28)13-32-18-8-4-6-15-7-5-9-25-23(15)18/h4-12H,3,13-14H2,1-2H3,(H,27,28)/b26-12+. The van der Waals surface area contributed by atoms with Crippen molar-refractivity contribution in [3.63, 3.8) is 0 Å². The number of aromatic nitrogens is 1. The molecule has 1 heterocycles. The van der Waals surface area contributed by atoms with Gasteiger partial charge in [-0.2, -0.15) is 5.10 Å². The summed E-state index contributed by atoms with van der Waals surface area (Å²) in [5, 5.41) is 4.88. The van der Waals surface area contributed by atoms with Crippen molar-refractivity contribution in [2.24, 2.45) is 5.10 Å². The first-order valence-corrected chi connectivity index (χ1v) is 10.8. The van der Waals surface area contributed by atoms with Gasteiger partial charge in [0.25, 0.3) is 5.91 Å². The number of amides is 1. The number of pyridine rings is 1. The van der Waals surface area contributed by atoms with Crippen molar-refractivity contribution in [2.45, 2.75) is 6.92 Å². The molecule has 0 saturated heterocycles. The van der Waals surface area contributed by atoms with Crippen LogP contribution in [0.2, 0.25) is 0 Å². The molecule has 0 saturated carbocycles. The predicted octanol–water partition coefficient (Wildman–Crippen LogP) is 3.48. The highest BCUT2D eigenvalue weighted by Crippen LogP contribution is 2.33. The Morgan fingerprint density at radius 2 is 1.88 bits per heavy atom. The fourth-order valence-corrected chi connectivity index (χ4v) is 3.23. The van der Waals surface area contributed by atoms with Crippen LogP contribution in [0.3, 0.4) is 0 Å². The summed E-state index contributed by atoms with van der Waals surface area (Å²) < 4.78 is 21.8. The number of carbonyl (C=O) groups excluding carboxylic acids is 2. The SMILES string of the molecule is CCOC(=O)COc1cc(Br)c(/C=N/NC(=O)COc2cccc3cccnc23)cc1OC. The lowest BCUT2D eigenvalue weighted by Gasteiger charge is -2.12. The summed E-state index contributed by atoms with van der Waals surface area (Å²) in [5.74, 6) is 0.345. The van der Waals surface area contributed by atoms with Gasteiger partial charge in [-0.3, -0.25) is 9.78 Å². The van der Waals surface area contributed by atoms with Gasteiger partial charge in [-0.25, -0.2) is 10.2 Å². The number of benzene rings is 2. The molecule has 172 valence electrons. The lowest BCUT2D eigenvalue weighted by atomic mass is 10.2. The summed E-state index contributed by atoms with van der Waals surface area (Å²) >= 11 is 3.41. The molecule has 1 N–H and O–H groups in total. The number of esters is 1. The number of ether oxygens (including phenoxy) is 4. The number of carbonyl (C=O) groups is 2. The number of hydrazone groups is 1. The Morgan fingerprint density at radius 3 is 2.67 bits per heavy atom. The second-order valence-electron chi connectivity index (χ2n) is 6.53. The molecule has 10 heteroatoms. The number of nitrogens with one attached hydrogen (secondary N) is 1. The highest BCUT2D eigenvalue weighted by molar-refractivity contribution is 9.10. The highest BCUT2D eigenvalue weighted by atomic mass is 79.9. The summed E-state index contributed by atoms with van der Waals surface area (Å²) in [4.78, 5) is 27.9. The topological polar surface area (TPSA) is 108 Å². The van der Waals surface area contributed by atoms with E-state index < -0.39 is 11.9 Å². The van der Waals surface area contributed by atoms with E-state index in [0.717, 1.165) is 5.39 Å². The van der Waals surface area contributed by atoms with Crippen LogP contribution in [0.4, 0.5) is 0 Å². The van der Waals surface area contributed by atoms with Crippen LogP contribution in [0, 0.1) is 0 Å². The molecule has 3 rings (SSSR count). The van der Waals surface area contributed by atoms with Gasteiger partial charge >= 0.3 is 5.97 Å². The van der Waals surface area contributed by atoms with E-state index in [2.05, 4.69) is 31.4 Å². The van der Waals surface area contributed by atoms with Crippen LogP contribution in [-0.2, 0) is 14.3 Å². The first-order valence-electron chi connectivity index (χ1n) is 9.96. The third-order valence-electron chi connectivity index (χ3n) is 4.28. The summed E-state index contributed by atoms with van der Waals surface area (Å²) in [6.45, 7) is 1.52. The zero-order valence-electron chi connectivity index (χ0n) is 18.0. The molecule has 0 aliphatic carbocycles. The molecule has 3 aromatic rings. The molecule has 9 nitrogen and oxygen atoms in total. The van der Waals surface area contributed by atoms with E-state index in [0.29, 0.717) is 32.8 Å². The number of hydrogen-bond acceptors (Lipinski definition) is 8. The third kappa shape index (κ3) is 6.66. The average Bonchev–Trinajstić information content (AvgIpc) is 2.82. The maximum atomic E-state index is 12.1. The average molecular weight is 516 g/mol. The zero-order valence-corrected chi connectivity index (χ0v) is 19.6. The number of halogens is 1. The largest absolute Gasteiger partial charge is 0.493 e. The number of fused-ring (bicyclic) bond motifs is 1. The van der Waals surface area contributed by atoms with Gasteiger partial charge in [-0.1, -0.05) is 18.2 Å². The van der Waals surface area contributed by atoms with Gasteiger partial charge in [0.1, 0.15) is 11.3 Å². The van der Waals surface area contributed by atoms with Gasteiger partial charge in [-0.15, -0.1) is 0 Å². The summed E-state index contributed by atoms with van der Waals surface area (Å²) in [5.41, 5.74) is 3.71. The van der Waals surface area contributed by atoms with Crippen molar-refractivity contribution in [3.05, 3.63) is 58.7 Å². The monoisotopic (exact) mass is 515 g/mol. The number of rotatable bonds is 10. The number of para-hydroxylation sites is 1. The summed E-state index contributed by atoms with van der Waals surface area (Å²) in [7, 11) is 1.47. The molecule has 0 atom stereocenters. The normalized spacial score (nSPS) is 10.8. The van der Waals surface area contributed by atoms with Gasteiger partial charge in [-0.05, 0) is 47.1 Å². The molecule has 0 bridgehead atoms. The molecule has 1 amide bonds. The van der Waals surface area contributed by atoms with E-state index in [4.69, 9.17) is 18.9 Å². The van der Waals surface area contributed by atoms with Gasteiger partial charge in [0.15, 0.2) is 24.7 Å². The van der Waals surface area contributed by atoms with Crippen LogP contribution < -0.4 is 19.6 Å². The quantitative estimate of drug-likeness (QED) is 0.250. The Balaban J connectivity index is 1.58. The molecule has 0 unspecified atom stereocenters. The smallest absolute Gasteiger partial charge is 0.344 e. The third-order valence-corrected chi connectivity index (χ3v) is 4.97. The van der Waals surface area contributed by atoms with E-state index in [1.807, 2.05) is 24.3 Å². The van der Waals surface area contributed by atoms with E-state index in [1.54, 1.807) is 31.3 Å². The van der Waals surface area contributed by atoms with Crippen LogP contribution in [0.5, 0.6) is 17.2 Å². The maximum absolute atomic E-state index is 12.1. The summed E-state index contributed by atoms with van der Waals surface area (Å²) in [6, 6.07) is 12.5. The van der Waals surface area contributed by atoms with E-state index in [-0.39, 0.29) is 19.8 Å². The second kappa shape index (κ2) is 11.8. The molecule has 0 spiro atoms. The molecular weight excluding hydrogens is 494 g/mol. The number of hydrogen-bond donors (Lipinski definition) is 1. The molecule has 0 fully saturated rings. The van der Waals surface area contributed by atoms with Crippen molar-refractivity contribution in [2.75, 3.05) is 26.9 Å². The van der Waals surface area contributed by atoms with Crippen LogP contribution in [0.15, 0.2) is 58.2 Å². The second-order valence-corrected chi connectivity index (χ2v) is 7.39. The molecular formula is C23H22BrN3O6. The maximum Gasteiger partial charge on any atom is 0.344 e. The number of nitrogens with zero attached hydrogens (tertiary/aromatic N) is 2. The molecule has 0 radical (unpaired) electrons. The van der Waals surface area contributed by atoms with Gasteiger partial charge in [0, 0.05) is 21.6 Å². The van der Waals surface area contributed by atoms with Crippen LogP contribution >= 0.6 is 15.9 Å². The molecule has 0 aliphatic rings. The van der Waals surface area contributed by atoms with Crippen molar-refractivity contribution >= 4 is 44.9 Å². The highest BCUT2D eigenvalue weighted by Gasteiger charge is 2.12. The minimum absolute atomic E-state index is 0.224. The first-order chi connectivity index (χ1) is 16.0. The van der Waals surface area contributed by atoms with Crippen LogP contribution in [0.1, 0.15) is 12.5 Å². The lowest BCUT2D eigenvalue weighted by Crippen LogP contribution is -2.24. The Hall–Kier alpha value is -3.66. The van der Waals surface area contributed by atoms with E-state index in [1.165, 1.54) is 13.3 Å². The fraction of sp³-hybridized carbons (Fsp3) is 0.217. The van der Waals surface area contributed by atoms with Crippen LogP contribution in [0.25, 0.3) is 10.9 Å². The van der Waals surface area contributed by atoms with Gasteiger partial charge < -0.3 is 18.9 Å². The van der Waals surface area contributed by atoms with Crippen molar-refractivity contribution in [1.82, 2.24) is 10.4 Å². The van der Waals surface area contributed by atoms with E-state index in [9.17, 15) is 9.59 Å². The van der Waals surface area contributed by atoms with Gasteiger partial charge in [0.2, 0.25) is 0 Å². The Bertz CT molecular complexity index is 1160. The van der Waals surface area contributed by atoms with Crippen molar-refractivity contribution in [3.8, 4) is 17.2 Å². The van der Waals surface area contributed by atoms with E-state index >= 15 is 0 Å². The number of methoxy groups -OCH3 is 1. The Morgan fingerprint density at radius 1 is 1.09 bits per heavy atom. The van der Waals surface area contributed by atoms with Crippen LogP contribution in [-0.4, -0.2) is 50.0 Å². The lowest BCUT2D eigenvalue weighted by molar-refractivity contribution is -0.145. The zero-order chi connectivity index (χ0) is 23.6. The fourth-order valence-electron chi connectivity index (χ4n) is 2.80. The summed E-state index contributed by atoms with van der Waals surface area (Å²) in [6.07, 6.45) is 3.11. The molecule has 1 aromatic heterocycles. The molecule has 0 aliphatic heterocycles. The Labute approximate surface area is 198 Å². The minimum Gasteiger partial charge on any atom is -0.493 e. The predicted molar refractivity (Wildman–Crippen MR) is 126 cm³/mol. The molecule has 33 heavy (non-hydrogen) atoms. The first kappa shape index (κ1) is 24.0. The Kier molecular flexibility index (Phi) is 8.59. The minimum atomic E-state index is -0.481. The molecule has 2 aromatic carbocycles.